The molecule has 120 valence electrons. The fourth-order valence-electron chi connectivity index (χ4n) is 3.57. The van der Waals surface area contributed by atoms with Crippen LogP contribution in [0.1, 0.15) is 40.0 Å². The summed E-state index contributed by atoms with van der Waals surface area (Å²) in [6.45, 7) is 21.8. The van der Waals surface area contributed by atoms with E-state index in [0.29, 0.717) is 10.9 Å². The third kappa shape index (κ3) is 6.24. The van der Waals surface area contributed by atoms with Crippen molar-refractivity contribution in [3.05, 3.63) is 0 Å². The summed E-state index contributed by atoms with van der Waals surface area (Å²) >= 11 is 2.27. The second kappa shape index (κ2) is 6.47. The lowest BCUT2D eigenvalue weighted by atomic mass is 9.75. The molecule has 20 heavy (non-hydrogen) atoms. The molecule has 0 heterocycles. The molecule has 0 radical (unpaired) electrons. The first kappa shape index (κ1) is 18.8. The van der Waals surface area contributed by atoms with Gasteiger partial charge in [-0.1, -0.05) is 46.8 Å². The zero-order valence-corrected chi connectivity index (χ0v) is 18.0. The molecule has 1 fully saturated rings. The molecular weight excluding hydrogens is 296 g/mol. The first-order valence-corrected chi connectivity index (χ1v) is 16.6. The lowest BCUT2D eigenvalue weighted by Gasteiger charge is -2.47. The molecule has 1 rings (SSSR count). The highest BCUT2D eigenvalue weighted by Crippen LogP contribution is 2.47. The molecule has 1 aliphatic carbocycles. The van der Waals surface area contributed by atoms with E-state index in [2.05, 4.69) is 71.3 Å². The summed E-state index contributed by atoms with van der Waals surface area (Å²) in [4.78, 5) is 0. The Morgan fingerprint density at radius 3 is 2.00 bits per heavy atom. The van der Waals surface area contributed by atoms with Crippen molar-refractivity contribution in [2.45, 2.75) is 90.2 Å². The molecule has 0 saturated heterocycles. The average molecular weight is 333 g/mol. The highest BCUT2D eigenvalue weighted by Gasteiger charge is 2.43. The average Bonchev–Trinajstić information content (AvgIpc) is 2.09. The van der Waals surface area contributed by atoms with Gasteiger partial charge in [0.15, 0.2) is 8.32 Å². The highest BCUT2D eigenvalue weighted by molar-refractivity contribution is 8.29. The van der Waals surface area contributed by atoms with Crippen LogP contribution in [0.4, 0.5) is 0 Å². The summed E-state index contributed by atoms with van der Waals surface area (Å²) in [7, 11) is -2.56. The molecule has 0 N–H and O–H groups in total. The van der Waals surface area contributed by atoms with E-state index in [1.54, 1.807) is 0 Å². The van der Waals surface area contributed by atoms with Crippen molar-refractivity contribution in [1.82, 2.24) is 0 Å². The van der Waals surface area contributed by atoms with Gasteiger partial charge in [0.25, 0.3) is 0 Å². The van der Waals surface area contributed by atoms with Gasteiger partial charge in [0.05, 0.1) is 0 Å². The van der Waals surface area contributed by atoms with Crippen LogP contribution < -0.4 is 0 Å². The molecule has 0 spiro atoms. The second-order valence-electron chi connectivity index (χ2n) is 9.11. The van der Waals surface area contributed by atoms with Gasteiger partial charge in [0, 0.05) is 10.9 Å². The Morgan fingerprint density at radius 2 is 1.55 bits per heavy atom. The van der Waals surface area contributed by atoms with E-state index in [1.807, 2.05) is 0 Å². The van der Waals surface area contributed by atoms with E-state index in [-0.39, 0.29) is 0 Å². The third-order valence-corrected chi connectivity index (χ3v) is 9.89. The monoisotopic (exact) mass is 332 g/mol. The summed E-state index contributed by atoms with van der Waals surface area (Å²) in [6.07, 6.45) is 4.49. The normalized spacial score (nSPS) is 29.6. The Morgan fingerprint density at radius 1 is 1.00 bits per heavy atom. The van der Waals surface area contributed by atoms with Gasteiger partial charge >= 0.3 is 0 Å². The smallest absolute Gasteiger partial charge is 0.184 e. The number of hydrogen-bond acceptors (Lipinski definition) is 2. The molecule has 0 aromatic rings. The van der Waals surface area contributed by atoms with Crippen molar-refractivity contribution in [3.63, 3.8) is 0 Å². The summed E-state index contributed by atoms with van der Waals surface area (Å²) < 4.78 is 6.96. The van der Waals surface area contributed by atoms with Crippen LogP contribution in [0.5, 0.6) is 0 Å². The standard InChI is InChI=1S/C16H36OSSi2/c1-13-10-11-14(15(12-13)17-19(4,5)6)16(2,3)18-20(7,8)9/h13-15H,10-12H2,1-9H3/t13-,14-,15+/m1/s1. The topological polar surface area (TPSA) is 9.23 Å². The van der Waals surface area contributed by atoms with Crippen LogP contribution in [0.2, 0.25) is 39.3 Å². The lowest BCUT2D eigenvalue weighted by molar-refractivity contribution is 0.0493. The Hall–Kier alpha value is 0.744. The van der Waals surface area contributed by atoms with E-state index in [4.69, 9.17) is 4.43 Å². The maximum Gasteiger partial charge on any atom is 0.184 e. The summed E-state index contributed by atoms with van der Waals surface area (Å²) in [6, 6.07) is 0. The summed E-state index contributed by atoms with van der Waals surface area (Å²) in [5.74, 6) is 1.56. The summed E-state index contributed by atoms with van der Waals surface area (Å²) in [5, 5.41) is 0. The molecule has 0 unspecified atom stereocenters. The first-order chi connectivity index (χ1) is 8.80. The Labute approximate surface area is 133 Å². The van der Waals surface area contributed by atoms with Crippen molar-refractivity contribution in [3.8, 4) is 0 Å². The predicted octanol–water partition coefficient (Wildman–Crippen LogP) is 5.99. The lowest BCUT2D eigenvalue weighted by Crippen LogP contribution is -2.48. The van der Waals surface area contributed by atoms with E-state index >= 15 is 0 Å². The molecule has 0 amide bonds. The molecule has 1 aliphatic rings. The fraction of sp³-hybridized carbons (Fsp3) is 1.00. The third-order valence-electron chi connectivity index (χ3n) is 4.02. The van der Waals surface area contributed by atoms with Gasteiger partial charge < -0.3 is 4.43 Å². The molecule has 4 heteroatoms. The van der Waals surface area contributed by atoms with Crippen LogP contribution >= 0.6 is 11.2 Å². The van der Waals surface area contributed by atoms with Gasteiger partial charge in [-0.15, -0.1) is 0 Å². The molecule has 0 aliphatic heterocycles. The molecule has 0 bridgehead atoms. The fourth-order valence-corrected chi connectivity index (χ4v) is 11.9. The van der Waals surface area contributed by atoms with Gasteiger partial charge in [-0.2, -0.15) is 11.2 Å². The van der Waals surface area contributed by atoms with Crippen LogP contribution in [-0.2, 0) is 4.43 Å². The van der Waals surface area contributed by atoms with Crippen LogP contribution in [0.25, 0.3) is 0 Å². The SMILES string of the molecule is C[C@@H]1CC[C@@H](C(C)(C)S[Si](C)(C)C)[C@@H](O[Si](C)(C)C)C1. The maximum atomic E-state index is 6.60. The van der Waals surface area contributed by atoms with Crippen molar-refractivity contribution in [1.29, 1.82) is 0 Å². The van der Waals surface area contributed by atoms with Gasteiger partial charge in [0.1, 0.15) is 7.22 Å². The minimum absolute atomic E-state index is 0.356. The predicted molar refractivity (Wildman–Crippen MR) is 99.7 cm³/mol. The van der Waals surface area contributed by atoms with Crippen LogP contribution in [0.15, 0.2) is 0 Å². The van der Waals surface area contributed by atoms with E-state index < -0.39 is 15.5 Å². The van der Waals surface area contributed by atoms with Crippen LogP contribution in [0.3, 0.4) is 0 Å². The first-order valence-electron chi connectivity index (χ1n) is 8.18. The zero-order chi connectivity index (χ0) is 15.8. The van der Waals surface area contributed by atoms with Crippen molar-refractivity contribution < 1.29 is 4.43 Å². The van der Waals surface area contributed by atoms with Gasteiger partial charge in [-0.25, -0.2) is 0 Å². The molecule has 0 aromatic heterocycles. The summed E-state index contributed by atoms with van der Waals surface area (Å²) in [5.41, 5.74) is 0. The van der Waals surface area contributed by atoms with E-state index in [0.717, 1.165) is 11.8 Å². The molecular formula is C16H36OSSi2. The van der Waals surface area contributed by atoms with Crippen molar-refractivity contribution in [2.24, 2.45) is 11.8 Å². The molecule has 0 aromatic carbocycles. The number of hydrogen-bond donors (Lipinski definition) is 0. The van der Waals surface area contributed by atoms with Crippen LogP contribution in [-0.4, -0.2) is 26.4 Å². The van der Waals surface area contributed by atoms with E-state index in [1.165, 1.54) is 19.3 Å². The maximum absolute atomic E-state index is 6.60. The Balaban J connectivity index is 2.87. The van der Waals surface area contributed by atoms with Gasteiger partial charge in [-0.3, -0.25) is 0 Å². The van der Waals surface area contributed by atoms with Crippen molar-refractivity contribution in [2.75, 3.05) is 0 Å². The van der Waals surface area contributed by atoms with Crippen LogP contribution in [0, 0.1) is 11.8 Å². The number of rotatable bonds is 5. The second-order valence-corrected chi connectivity index (χ2v) is 23.3. The molecule has 1 nitrogen and oxygen atoms in total. The molecule has 1 saturated carbocycles. The quantitative estimate of drug-likeness (QED) is 0.572. The van der Waals surface area contributed by atoms with E-state index in [9.17, 15) is 0 Å². The largest absolute Gasteiger partial charge is 0.414 e. The van der Waals surface area contributed by atoms with Gasteiger partial charge in [-0.05, 0) is 44.3 Å². The Bertz CT molecular complexity index is 317. The minimum atomic E-state index is -1.45. The van der Waals surface area contributed by atoms with Crippen molar-refractivity contribution >= 4 is 26.8 Å². The Kier molecular flexibility index (Phi) is 6.08. The minimum Gasteiger partial charge on any atom is -0.414 e. The highest BCUT2D eigenvalue weighted by atomic mass is 32.4. The molecule has 3 atom stereocenters. The zero-order valence-electron chi connectivity index (χ0n) is 15.2. The van der Waals surface area contributed by atoms with Gasteiger partial charge in [0.2, 0.25) is 0 Å².